The molecule has 2 saturated heterocycles. The first-order valence-electron chi connectivity index (χ1n) is 10.4. The molecule has 0 aliphatic carbocycles. The minimum Gasteiger partial charge on any atom is -0.508 e. The standard InChI is InChI=1S/C23H30FN3O2/c1-29-22-8-9-23(28)18(15-22)16-25-10-2-3-21(17-25)27-13-11-26(12-14-27)20-6-4-19(24)5-7-20/h4-9,15,21,28H,2-3,10-14,16-17H2,1H3/t21-/m1/s1. The first-order valence-corrected chi connectivity index (χ1v) is 10.4. The lowest BCUT2D eigenvalue weighted by Gasteiger charge is -2.44. The second-order valence-electron chi connectivity index (χ2n) is 8.03. The Labute approximate surface area is 172 Å². The van der Waals surface area contributed by atoms with Gasteiger partial charge in [-0.1, -0.05) is 0 Å². The van der Waals surface area contributed by atoms with Crippen molar-refractivity contribution in [2.45, 2.75) is 25.4 Å². The third kappa shape index (κ3) is 4.82. The van der Waals surface area contributed by atoms with E-state index in [4.69, 9.17) is 4.74 Å². The van der Waals surface area contributed by atoms with Gasteiger partial charge in [-0.15, -0.1) is 0 Å². The number of benzene rings is 2. The van der Waals surface area contributed by atoms with Gasteiger partial charge in [0.05, 0.1) is 7.11 Å². The van der Waals surface area contributed by atoms with Crippen LogP contribution in [0.3, 0.4) is 0 Å². The van der Waals surface area contributed by atoms with Crippen LogP contribution in [0.5, 0.6) is 11.5 Å². The molecule has 0 saturated carbocycles. The lowest BCUT2D eigenvalue weighted by atomic mass is 10.0. The number of ether oxygens (including phenoxy) is 1. The molecule has 5 nitrogen and oxygen atoms in total. The average molecular weight is 400 g/mol. The Morgan fingerprint density at radius 1 is 1.03 bits per heavy atom. The highest BCUT2D eigenvalue weighted by molar-refractivity contribution is 5.46. The number of halogens is 1. The van der Waals surface area contributed by atoms with Gasteiger partial charge in [0.25, 0.3) is 0 Å². The summed E-state index contributed by atoms with van der Waals surface area (Å²) in [6, 6.07) is 12.8. The van der Waals surface area contributed by atoms with Gasteiger partial charge in [0.2, 0.25) is 0 Å². The molecule has 0 aromatic heterocycles. The van der Waals surface area contributed by atoms with E-state index in [-0.39, 0.29) is 5.82 Å². The summed E-state index contributed by atoms with van der Waals surface area (Å²) < 4.78 is 18.5. The number of methoxy groups -OCH3 is 1. The van der Waals surface area contributed by atoms with E-state index in [2.05, 4.69) is 14.7 Å². The molecule has 2 aromatic carbocycles. The van der Waals surface area contributed by atoms with Crippen molar-refractivity contribution in [3.8, 4) is 11.5 Å². The summed E-state index contributed by atoms with van der Waals surface area (Å²) in [4.78, 5) is 7.37. The molecule has 2 fully saturated rings. The van der Waals surface area contributed by atoms with E-state index < -0.39 is 0 Å². The maximum absolute atomic E-state index is 13.2. The zero-order valence-electron chi connectivity index (χ0n) is 17.1. The predicted molar refractivity (Wildman–Crippen MR) is 113 cm³/mol. The molecule has 156 valence electrons. The third-order valence-corrected chi connectivity index (χ3v) is 6.18. The maximum Gasteiger partial charge on any atom is 0.123 e. The third-order valence-electron chi connectivity index (χ3n) is 6.18. The van der Waals surface area contributed by atoms with E-state index in [1.807, 2.05) is 18.2 Å². The Kier molecular flexibility index (Phi) is 6.21. The second kappa shape index (κ2) is 9.01. The molecule has 29 heavy (non-hydrogen) atoms. The van der Waals surface area contributed by atoms with Gasteiger partial charge in [-0.05, 0) is 61.9 Å². The number of hydrogen-bond acceptors (Lipinski definition) is 5. The molecule has 4 rings (SSSR count). The number of aromatic hydroxyl groups is 1. The summed E-state index contributed by atoms with van der Waals surface area (Å²) >= 11 is 0. The Bertz CT molecular complexity index is 806. The lowest BCUT2D eigenvalue weighted by Crippen LogP contribution is -2.55. The molecule has 1 N–H and O–H groups in total. The van der Waals surface area contributed by atoms with E-state index in [1.165, 1.54) is 25.0 Å². The molecular formula is C23H30FN3O2. The Morgan fingerprint density at radius 3 is 2.52 bits per heavy atom. The number of piperazine rings is 1. The highest BCUT2D eigenvalue weighted by Crippen LogP contribution is 2.27. The van der Waals surface area contributed by atoms with Gasteiger partial charge in [0.1, 0.15) is 17.3 Å². The van der Waals surface area contributed by atoms with E-state index >= 15 is 0 Å². The fourth-order valence-electron chi connectivity index (χ4n) is 4.53. The van der Waals surface area contributed by atoms with Crippen LogP contribution in [-0.2, 0) is 6.54 Å². The molecule has 6 heteroatoms. The van der Waals surface area contributed by atoms with Gasteiger partial charge < -0.3 is 14.7 Å². The number of phenolic OH excluding ortho intramolecular Hbond substituents is 1. The number of piperidine rings is 1. The van der Waals surface area contributed by atoms with E-state index in [0.29, 0.717) is 11.8 Å². The van der Waals surface area contributed by atoms with E-state index in [0.717, 1.165) is 62.8 Å². The molecule has 2 heterocycles. The van der Waals surface area contributed by atoms with Crippen molar-refractivity contribution in [1.29, 1.82) is 0 Å². The largest absolute Gasteiger partial charge is 0.508 e. The SMILES string of the molecule is COc1ccc(O)c(CN2CCC[C@@H](N3CCN(c4ccc(F)cc4)CC3)C2)c1. The van der Waals surface area contributed by atoms with Crippen LogP contribution in [0, 0.1) is 5.82 Å². The van der Waals surface area contributed by atoms with Gasteiger partial charge in [0.15, 0.2) is 0 Å². The van der Waals surface area contributed by atoms with Crippen LogP contribution in [0.1, 0.15) is 18.4 Å². The Morgan fingerprint density at radius 2 is 1.79 bits per heavy atom. The van der Waals surface area contributed by atoms with Gasteiger partial charge >= 0.3 is 0 Å². The van der Waals surface area contributed by atoms with Crippen molar-refractivity contribution in [2.75, 3.05) is 51.3 Å². The maximum atomic E-state index is 13.2. The number of nitrogens with zero attached hydrogens (tertiary/aromatic N) is 3. The number of phenols is 1. The number of anilines is 1. The first-order chi connectivity index (χ1) is 14.1. The average Bonchev–Trinajstić information content (AvgIpc) is 2.76. The lowest BCUT2D eigenvalue weighted by molar-refractivity contribution is 0.0883. The van der Waals surface area contributed by atoms with Crippen LogP contribution in [0.15, 0.2) is 42.5 Å². The molecule has 0 spiro atoms. The van der Waals surface area contributed by atoms with Crippen molar-refractivity contribution in [2.24, 2.45) is 0 Å². The molecule has 1 atom stereocenters. The van der Waals surface area contributed by atoms with E-state index in [1.54, 1.807) is 19.2 Å². The highest BCUT2D eigenvalue weighted by Gasteiger charge is 2.28. The van der Waals surface area contributed by atoms with Crippen molar-refractivity contribution < 1.29 is 14.2 Å². The van der Waals surface area contributed by atoms with Crippen molar-refractivity contribution in [3.05, 3.63) is 53.8 Å². The summed E-state index contributed by atoms with van der Waals surface area (Å²) in [5.41, 5.74) is 2.02. The van der Waals surface area contributed by atoms with Gasteiger partial charge in [-0.3, -0.25) is 9.80 Å². The smallest absolute Gasteiger partial charge is 0.123 e. The van der Waals surface area contributed by atoms with Crippen LogP contribution in [0.25, 0.3) is 0 Å². The summed E-state index contributed by atoms with van der Waals surface area (Å²) in [5.74, 6) is 0.931. The predicted octanol–water partition coefficient (Wildman–Crippen LogP) is 3.33. The van der Waals surface area contributed by atoms with Gasteiger partial charge in [0, 0.05) is 56.6 Å². The van der Waals surface area contributed by atoms with E-state index in [9.17, 15) is 9.50 Å². The molecule has 0 unspecified atom stereocenters. The molecule has 0 bridgehead atoms. The fourth-order valence-corrected chi connectivity index (χ4v) is 4.53. The zero-order chi connectivity index (χ0) is 20.2. The summed E-state index contributed by atoms with van der Waals surface area (Å²) in [7, 11) is 1.65. The molecule has 0 amide bonds. The molecule has 0 radical (unpaired) electrons. The monoisotopic (exact) mass is 399 g/mol. The first kappa shape index (κ1) is 20.0. The number of likely N-dealkylation sites (tertiary alicyclic amines) is 1. The molecule has 2 aliphatic rings. The number of hydrogen-bond donors (Lipinski definition) is 1. The van der Waals surface area contributed by atoms with Crippen LogP contribution >= 0.6 is 0 Å². The number of rotatable bonds is 5. The summed E-state index contributed by atoms with van der Waals surface area (Å²) in [6.07, 6.45) is 2.39. The van der Waals surface area contributed by atoms with Gasteiger partial charge in [-0.25, -0.2) is 4.39 Å². The minimum atomic E-state index is -0.184. The zero-order valence-corrected chi connectivity index (χ0v) is 17.1. The highest BCUT2D eigenvalue weighted by atomic mass is 19.1. The normalized spacial score (nSPS) is 21.3. The van der Waals surface area contributed by atoms with Crippen molar-refractivity contribution in [1.82, 2.24) is 9.80 Å². The second-order valence-corrected chi connectivity index (χ2v) is 8.03. The Hall–Kier alpha value is -2.31. The Balaban J connectivity index is 1.33. The quantitative estimate of drug-likeness (QED) is 0.835. The minimum absolute atomic E-state index is 0.184. The fraction of sp³-hybridized carbons (Fsp3) is 0.478. The van der Waals surface area contributed by atoms with Crippen LogP contribution in [0.2, 0.25) is 0 Å². The van der Waals surface area contributed by atoms with Crippen LogP contribution in [0.4, 0.5) is 10.1 Å². The molecule has 2 aromatic rings. The molecule has 2 aliphatic heterocycles. The molecular weight excluding hydrogens is 369 g/mol. The summed E-state index contributed by atoms with van der Waals surface area (Å²) in [5, 5.41) is 10.2. The van der Waals surface area contributed by atoms with Gasteiger partial charge in [-0.2, -0.15) is 0 Å². The van der Waals surface area contributed by atoms with Crippen LogP contribution in [-0.4, -0.2) is 67.3 Å². The topological polar surface area (TPSA) is 39.2 Å². The van der Waals surface area contributed by atoms with Crippen molar-refractivity contribution >= 4 is 5.69 Å². The van der Waals surface area contributed by atoms with Crippen molar-refractivity contribution in [3.63, 3.8) is 0 Å². The summed E-state index contributed by atoms with van der Waals surface area (Å²) in [6.45, 7) is 6.82. The van der Waals surface area contributed by atoms with Crippen LogP contribution < -0.4 is 9.64 Å².